The van der Waals surface area contributed by atoms with Gasteiger partial charge in [-0.25, -0.2) is 18.1 Å². The number of halogens is 1. The van der Waals surface area contributed by atoms with Crippen LogP contribution in [-0.2, 0) is 23.1 Å². The molecule has 0 bridgehead atoms. The first-order valence-corrected chi connectivity index (χ1v) is 11.6. The standard InChI is InChI=1S/C22H32N4O3S.HI/c1-5-12-29-21-13-17(3)10-11-19(21)16-26-22(24-6-2)25-15-18-8-7-9-20(14-18)30(27,28)23-4;/h7-11,13-14,23H,5-6,12,15-16H2,1-4H3,(H2,24,25,26);1H. The average Bonchev–Trinajstić information content (AvgIpc) is 2.75. The highest BCUT2D eigenvalue weighted by atomic mass is 127. The summed E-state index contributed by atoms with van der Waals surface area (Å²) in [5, 5.41) is 6.55. The fourth-order valence-electron chi connectivity index (χ4n) is 2.77. The van der Waals surface area contributed by atoms with Gasteiger partial charge in [0, 0.05) is 18.7 Å². The van der Waals surface area contributed by atoms with E-state index in [2.05, 4.69) is 39.4 Å². The third kappa shape index (κ3) is 8.66. The second-order valence-corrected chi connectivity index (χ2v) is 8.75. The predicted octanol–water partition coefficient (Wildman–Crippen LogP) is 3.57. The molecule has 0 saturated heterocycles. The minimum Gasteiger partial charge on any atom is -0.493 e. The fraction of sp³-hybridized carbons (Fsp3) is 0.409. The van der Waals surface area contributed by atoms with Crippen LogP contribution < -0.4 is 20.1 Å². The van der Waals surface area contributed by atoms with Crippen LogP contribution in [0.25, 0.3) is 0 Å². The van der Waals surface area contributed by atoms with Gasteiger partial charge in [-0.05, 0) is 56.6 Å². The topological polar surface area (TPSA) is 91.8 Å². The van der Waals surface area contributed by atoms with E-state index < -0.39 is 10.0 Å². The van der Waals surface area contributed by atoms with E-state index in [1.807, 2.05) is 26.0 Å². The minimum absolute atomic E-state index is 0. The molecule has 0 atom stereocenters. The highest BCUT2D eigenvalue weighted by molar-refractivity contribution is 14.0. The molecule has 9 heteroatoms. The van der Waals surface area contributed by atoms with E-state index in [1.165, 1.54) is 7.05 Å². The molecule has 2 rings (SSSR count). The molecule has 0 heterocycles. The largest absolute Gasteiger partial charge is 0.493 e. The summed E-state index contributed by atoms with van der Waals surface area (Å²) >= 11 is 0. The molecule has 3 N–H and O–H groups in total. The summed E-state index contributed by atoms with van der Waals surface area (Å²) in [5.41, 5.74) is 3.02. The van der Waals surface area contributed by atoms with Crippen LogP contribution in [0.15, 0.2) is 52.4 Å². The fourth-order valence-corrected chi connectivity index (χ4v) is 3.57. The van der Waals surface area contributed by atoms with Crippen LogP contribution in [0.4, 0.5) is 0 Å². The second kappa shape index (κ2) is 13.5. The van der Waals surface area contributed by atoms with Crippen LogP contribution in [0.5, 0.6) is 5.75 Å². The molecule has 2 aromatic carbocycles. The number of aryl methyl sites for hydroxylation is 1. The number of guanidine groups is 1. The molecule has 0 saturated carbocycles. The van der Waals surface area contributed by atoms with Gasteiger partial charge in [-0.2, -0.15) is 0 Å². The number of nitrogens with one attached hydrogen (secondary N) is 3. The van der Waals surface area contributed by atoms with Crippen molar-refractivity contribution in [1.82, 2.24) is 15.4 Å². The number of hydrogen-bond donors (Lipinski definition) is 3. The maximum Gasteiger partial charge on any atom is 0.240 e. The lowest BCUT2D eigenvalue weighted by molar-refractivity contribution is 0.313. The molecule has 0 amide bonds. The van der Waals surface area contributed by atoms with Crippen LogP contribution in [0.1, 0.15) is 37.0 Å². The van der Waals surface area contributed by atoms with E-state index in [1.54, 1.807) is 18.2 Å². The van der Waals surface area contributed by atoms with E-state index >= 15 is 0 Å². The van der Waals surface area contributed by atoms with Crippen molar-refractivity contribution in [2.45, 2.75) is 45.2 Å². The number of aliphatic imine (C=N–C) groups is 1. The molecule has 2 aromatic rings. The Balaban J connectivity index is 0.00000480. The Labute approximate surface area is 203 Å². The summed E-state index contributed by atoms with van der Waals surface area (Å²) in [7, 11) is -2.08. The van der Waals surface area contributed by atoms with E-state index in [4.69, 9.17) is 4.74 Å². The zero-order chi connectivity index (χ0) is 22.0. The van der Waals surface area contributed by atoms with Crippen molar-refractivity contribution >= 4 is 40.0 Å². The number of benzene rings is 2. The number of rotatable bonds is 10. The highest BCUT2D eigenvalue weighted by Gasteiger charge is 2.11. The molecule has 0 aliphatic carbocycles. The van der Waals surface area contributed by atoms with Crippen LogP contribution in [0.2, 0.25) is 0 Å². The van der Waals surface area contributed by atoms with Crippen molar-refractivity contribution in [1.29, 1.82) is 0 Å². The molecular formula is C22H33IN4O3S. The summed E-state index contributed by atoms with van der Waals surface area (Å²) in [6, 6.07) is 13.0. The maximum atomic E-state index is 12.0. The van der Waals surface area contributed by atoms with Crippen molar-refractivity contribution in [2.24, 2.45) is 4.99 Å². The Morgan fingerprint density at radius 1 is 1.10 bits per heavy atom. The monoisotopic (exact) mass is 560 g/mol. The van der Waals surface area contributed by atoms with Gasteiger partial charge in [-0.3, -0.25) is 0 Å². The first-order valence-electron chi connectivity index (χ1n) is 10.2. The van der Waals surface area contributed by atoms with Gasteiger partial charge in [-0.15, -0.1) is 24.0 Å². The molecule has 31 heavy (non-hydrogen) atoms. The van der Waals surface area contributed by atoms with Gasteiger partial charge >= 0.3 is 0 Å². The number of nitrogens with zero attached hydrogens (tertiary/aromatic N) is 1. The SMILES string of the molecule is CCCOc1cc(C)ccc1CNC(=NCc1cccc(S(=O)(=O)NC)c1)NCC.I. The van der Waals surface area contributed by atoms with Crippen LogP contribution in [0, 0.1) is 6.92 Å². The smallest absolute Gasteiger partial charge is 0.240 e. The van der Waals surface area contributed by atoms with Crippen molar-refractivity contribution in [3.63, 3.8) is 0 Å². The van der Waals surface area contributed by atoms with E-state index in [9.17, 15) is 8.42 Å². The second-order valence-electron chi connectivity index (χ2n) is 6.86. The average molecular weight is 561 g/mol. The lowest BCUT2D eigenvalue weighted by Gasteiger charge is -2.15. The van der Waals surface area contributed by atoms with Gasteiger partial charge < -0.3 is 15.4 Å². The molecule has 0 aromatic heterocycles. The zero-order valence-corrected chi connectivity index (χ0v) is 21.7. The molecule has 172 valence electrons. The molecule has 0 aliphatic heterocycles. The highest BCUT2D eigenvalue weighted by Crippen LogP contribution is 2.20. The molecular weight excluding hydrogens is 527 g/mol. The number of hydrogen-bond acceptors (Lipinski definition) is 4. The Morgan fingerprint density at radius 3 is 2.55 bits per heavy atom. The van der Waals surface area contributed by atoms with Crippen LogP contribution in [-0.4, -0.2) is 34.6 Å². The van der Waals surface area contributed by atoms with E-state index in [-0.39, 0.29) is 28.9 Å². The van der Waals surface area contributed by atoms with Crippen molar-refractivity contribution in [3.05, 3.63) is 59.2 Å². The Hall–Kier alpha value is -1.85. The van der Waals surface area contributed by atoms with Crippen LogP contribution in [0.3, 0.4) is 0 Å². The Bertz CT molecular complexity index is 965. The summed E-state index contributed by atoms with van der Waals surface area (Å²) in [5.74, 6) is 1.53. The van der Waals surface area contributed by atoms with Gasteiger partial charge in [0.2, 0.25) is 10.0 Å². The van der Waals surface area contributed by atoms with Gasteiger partial charge in [-0.1, -0.05) is 31.2 Å². The third-order valence-electron chi connectivity index (χ3n) is 4.37. The third-order valence-corrected chi connectivity index (χ3v) is 5.78. The summed E-state index contributed by atoms with van der Waals surface area (Å²) in [6.45, 7) is 8.45. The molecule has 0 unspecified atom stereocenters. The first kappa shape index (κ1) is 27.2. The van der Waals surface area contributed by atoms with Crippen molar-refractivity contribution in [2.75, 3.05) is 20.2 Å². The molecule has 0 fully saturated rings. The lowest BCUT2D eigenvalue weighted by Crippen LogP contribution is -2.36. The van der Waals surface area contributed by atoms with Crippen molar-refractivity contribution in [3.8, 4) is 5.75 Å². The van der Waals surface area contributed by atoms with E-state index in [0.29, 0.717) is 32.2 Å². The number of sulfonamides is 1. The van der Waals surface area contributed by atoms with Gasteiger partial charge in [0.25, 0.3) is 0 Å². The Morgan fingerprint density at radius 2 is 1.87 bits per heavy atom. The lowest BCUT2D eigenvalue weighted by atomic mass is 10.1. The predicted molar refractivity (Wildman–Crippen MR) is 137 cm³/mol. The zero-order valence-electron chi connectivity index (χ0n) is 18.6. The minimum atomic E-state index is -3.48. The summed E-state index contributed by atoms with van der Waals surface area (Å²) in [6.07, 6.45) is 0.952. The number of ether oxygens (including phenoxy) is 1. The quantitative estimate of drug-likeness (QED) is 0.235. The maximum absolute atomic E-state index is 12.0. The Kier molecular flexibility index (Phi) is 11.9. The molecule has 7 nitrogen and oxygen atoms in total. The molecule has 0 radical (unpaired) electrons. The van der Waals surface area contributed by atoms with E-state index in [0.717, 1.165) is 28.9 Å². The first-order chi connectivity index (χ1) is 14.4. The summed E-state index contributed by atoms with van der Waals surface area (Å²) < 4.78 is 32.2. The normalized spacial score (nSPS) is 11.5. The van der Waals surface area contributed by atoms with Gasteiger partial charge in [0.05, 0.1) is 18.0 Å². The molecule has 0 spiro atoms. The van der Waals surface area contributed by atoms with Crippen LogP contribution >= 0.6 is 24.0 Å². The van der Waals surface area contributed by atoms with Crippen molar-refractivity contribution < 1.29 is 13.2 Å². The van der Waals surface area contributed by atoms with Gasteiger partial charge in [0.1, 0.15) is 5.75 Å². The summed E-state index contributed by atoms with van der Waals surface area (Å²) in [4.78, 5) is 4.83. The molecule has 0 aliphatic rings. The van der Waals surface area contributed by atoms with Gasteiger partial charge in [0.15, 0.2) is 5.96 Å².